The van der Waals surface area contributed by atoms with E-state index in [1.807, 2.05) is 0 Å². The second kappa shape index (κ2) is 5.60. The summed E-state index contributed by atoms with van der Waals surface area (Å²) in [5.41, 5.74) is 0. The Morgan fingerprint density at radius 1 is 1.21 bits per heavy atom. The van der Waals surface area contributed by atoms with Crippen LogP contribution in [-0.2, 0) is 24.0 Å². The van der Waals surface area contributed by atoms with Gasteiger partial charge in [0, 0.05) is 6.26 Å². The lowest BCUT2D eigenvalue weighted by molar-refractivity contribution is -0.346. The molecule has 0 unspecified atom stereocenters. The summed E-state index contributed by atoms with van der Waals surface area (Å²) in [7, 11) is -3.24. The first-order valence-electron chi connectivity index (χ1n) is 5.89. The van der Waals surface area contributed by atoms with Crippen LogP contribution in [0, 0.1) is 0 Å². The third-order valence-electron chi connectivity index (χ3n) is 3.11. The van der Waals surface area contributed by atoms with Crippen molar-refractivity contribution in [1.29, 1.82) is 0 Å². The van der Waals surface area contributed by atoms with Crippen LogP contribution < -0.4 is 0 Å². The standard InChI is InChI=1S/C10H18O8S/c1-19(14,15)4-5-3-16-10-9(17-5)8(13)7(12)6(2-11)18-10/h5-13H,2-4H2,1H3/t5-,6+,7+,8-,9+,10+/m0/s1. The number of aliphatic hydroxyl groups excluding tert-OH is 3. The van der Waals surface area contributed by atoms with E-state index in [0.717, 1.165) is 6.26 Å². The molecule has 0 bridgehead atoms. The van der Waals surface area contributed by atoms with Crippen LogP contribution in [0.2, 0.25) is 0 Å². The molecule has 0 aromatic carbocycles. The third kappa shape index (κ3) is 3.43. The van der Waals surface area contributed by atoms with E-state index in [4.69, 9.17) is 19.3 Å². The highest BCUT2D eigenvalue weighted by atomic mass is 32.2. The van der Waals surface area contributed by atoms with E-state index in [1.165, 1.54) is 0 Å². The summed E-state index contributed by atoms with van der Waals surface area (Å²) in [6.07, 6.45) is -5.11. The third-order valence-corrected chi connectivity index (χ3v) is 4.09. The first-order chi connectivity index (χ1) is 8.81. The van der Waals surface area contributed by atoms with Crippen molar-refractivity contribution in [1.82, 2.24) is 0 Å². The lowest BCUT2D eigenvalue weighted by atomic mass is 9.98. The molecule has 0 aliphatic carbocycles. The molecular weight excluding hydrogens is 280 g/mol. The smallest absolute Gasteiger partial charge is 0.187 e. The minimum absolute atomic E-state index is 0.00913. The van der Waals surface area contributed by atoms with Crippen LogP contribution in [0.1, 0.15) is 0 Å². The Kier molecular flexibility index (Phi) is 4.45. The maximum Gasteiger partial charge on any atom is 0.187 e. The summed E-state index contributed by atoms with van der Waals surface area (Å²) >= 11 is 0. The lowest BCUT2D eigenvalue weighted by Crippen LogP contribution is -2.63. The summed E-state index contributed by atoms with van der Waals surface area (Å²) < 4.78 is 38.3. The van der Waals surface area contributed by atoms with E-state index < -0.39 is 53.3 Å². The summed E-state index contributed by atoms with van der Waals surface area (Å²) in [4.78, 5) is 0. The van der Waals surface area contributed by atoms with Crippen molar-refractivity contribution in [2.45, 2.75) is 36.8 Å². The van der Waals surface area contributed by atoms with Crippen molar-refractivity contribution in [3.63, 3.8) is 0 Å². The minimum atomic E-state index is -3.24. The van der Waals surface area contributed by atoms with Gasteiger partial charge in [-0.05, 0) is 0 Å². The van der Waals surface area contributed by atoms with Gasteiger partial charge in [-0.25, -0.2) is 8.42 Å². The molecule has 2 heterocycles. The van der Waals surface area contributed by atoms with Gasteiger partial charge in [0.05, 0.1) is 25.1 Å². The maximum absolute atomic E-state index is 11.2. The van der Waals surface area contributed by atoms with Gasteiger partial charge in [0.2, 0.25) is 0 Å². The summed E-state index contributed by atoms with van der Waals surface area (Å²) in [6, 6.07) is 0. The number of fused-ring (bicyclic) bond motifs is 1. The van der Waals surface area contributed by atoms with Gasteiger partial charge in [-0.2, -0.15) is 0 Å². The number of aliphatic hydroxyl groups is 3. The molecule has 2 aliphatic rings. The van der Waals surface area contributed by atoms with Crippen LogP contribution in [0.15, 0.2) is 0 Å². The molecule has 0 spiro atoms. The molecule has 9 heteroatoms. The second-order valence-corrected chi connectivity index (χ2v) is 7.04. The second-order valence-electron chi connectivity index (χ2n) is 4.86. The zero-order valence-corrected chi connectivity index (χ0v) is 11.2. The quantitative estimate of drug-likeness (QED) is 0.513. The van der Waals surface area contributed by atoms with E-state index in [1.54, 1.807) is 0 Å². The summed E-state index contributed by atoms with van der Waals surface area (Å²) in [6.45, 7) is -0.452. The molecule has 0 aromatic heterocycles. The number of hydrogen-bond donors (Lipinski definition) is 3. The zero-order chi connectivity index (χ0) is 14.2. The molecule has 3 N–H and O–H groups in total. The molecule has 112 valence electrons. The molecule has 2 rings (SSSR count). The van der Waals surface area contributed by atoms with Crippen molar-refractivity contribution >= 4 is 9.84 Å². The Hall–Kier alpha value is -0.290. The molecule has 0 aromatic rings. The largest absolute Gasteiger partial charge is 0.394 e. The van der Waals surface area contributed by atoms with Gasteiger partial charge in [-0.3, -0.25) is 0 Å². The van der Waals surface area contributed by atoms with Gasteiger partial charge < -0.3 is 29.5 Å². The average Bonchev–Trinajstić information content (AvgIpc) is 2.32. The zero-order valence-electron chi connectivity index (χ0n) is 10.4. The van der Waals surface area contributed by atoms with Crippen molar-refractivity contribution in [3.8, 4) is 0 Å². The number of ether oxygens (including phenoxy) is 3. The molecule has 19 heavy (non-hydrogen) atoms. The topological polar surface area (TPSA) is 123 Å². The van der Waals surface area contributed by atoms with E-state index in [2.05, 4.69) is 0 Å². The molecule has 6 atom stereocenters. The fourth-order valence-electron chi connectivity index (χ4n) is 2.22. The van der Waals surface area contributed by atoms with Crippen molar-refractivity contribution in [2.75, 3.05) is 25.2 Å². The van der Waals surface area contributed by atoms with Crippen LogP contribution in [0.4, 0.5) is 0 Å². The lowest BCUT2D eigenvalue weighted by Gasteiger charge is -2.45. The number of sulfone groups is 1. The predicted molar refractivity (Wildman–Crippen MR) is 62.1 cm³/mol. The Labute approximate surface area is 110 Å². The summed E-state index contributed by atoms with van der Waals surface area (Å²) in [5, 5.41) is 28.6. The van der Waals surface area contributed by atoms with Crippen LogP contribution in [0.5, 0.6) is 0 Å². The number of hydrogen-bond acceptors (Lipinski definition) is 8. The van der Waals surface area contributed by atoms with E-state index >= 15 is 0 Å². The first-order valence-corrected chi connectivity index (χ1v) is 7.95. The van der Waals surface area contributed by atoms with Gasteiger partial charge in [0.1, 0.15) is 34.3 Å². The highest BCUT2D eigenvalue weighted by Crippen LogP contribution is 2.28. The van der Waals surface area contributed by atoms with Crippen molar-refractivity contribution in [2.24, 2.45) is 0 Å². The van der Waals surface area contributed by atoms with Gasteiger partial charge in [-0.15, -0.1) is 0 Å². The van der Waals surface area contributed by atoms with E-state index in [9.17, 15) is 18.6 Å². The molecular formula is C10H18O8S. The number of rotatable bonds is 3. The molecule has 2 aliphatic heterocycles. The Morgan fingerprint density at radius 3 is 2.47 bits per heavy atom. The van der Waals surface area contributed by atoms with Crippen LogP contribution in [0.25, 0.3) is 0 Å². The highest BCUT2D eigenvalue weighted by molar-refractivity contribution is 7.90. The molecule has 2 saturated heterocycles. The fraction of sp³-hybridized carbons (Fsp3) is 1.00. The van der Waals surface area contributed by atoms with Crippen LogP contribution >= 0.6 is 0 Å². The predicted octanol–water partition coefficient (Wildman–Crippen LogP) is -2.75. The Bertz CT molecular complexity index is 408. The SMILES string of the molecule is CS(=O)(=O)C[C@@H]1CO[C@@H]2O[C@H](CO)[C@@H](O)[C@H](O)[C@H]2O1. The normalized spacial score (nSPS) is 43.8. The molecule has 8 nitrogen and oxygen atoms in total. The molecule has 0 saturated carbocycles. The monoisotopic (exact) mass is 298 g/mol. The molecule has 0 amide bonds. The Balaban J connectivity index is 2.04. The maximum atomic E-state index is 11.2. The van der Waals surface area contributed by atoms with Crippen molar-refractivity contribution < 1.29 is 37.9 Å². The van der Waals surface area contributed by atoms with Crippen molar-refractivity contribution in [3.05, 3.63) is 0 Å². The molecule has 2 fully saturated rings. The fourth-order valence-corrected chi connectivity index (χ4v) is 3.07. The van der Waals surface area contributed by atoms with Gasteiger partial charge in [0.25, 0.3) is 0 Å². The van der Waals surface area contributed by atoms with E-state index in [-0.39, 0.29) is 12.4 Å². The van der Waals surface area contributed by atoms with Gasteiger partial charge in [0.15, 0.2) is 6.29 Å². The van der Waals surface area contributed by atoms with Gasteiger partial charge in [-0.1, -0.05) is 0 Å². The molecule has 0 radical (unpaired) electrons. The average molecular weight is 298 g/mol. The van der Waals surface area contributed by atoms with Gasteiger partial charge >= 0.3 is 0 Å². The highest BCUT2D eigenvalue weighted by Gasteiger charge is 2.48. The Morgan fingerprint density at radius 2 is 1.89 bits per heavy atom. The van der Waals surface area contributed by atoms with Crippen LogP contribution in [-0.4, -0.2) is 85.8 Å². The van der Waals surface area contributed by atoms with Crippen LogP contribution in [0.3, 0.4) is 0 Å². The first kappa shape index (κ1) is 15.1. The summed E-state index contributed by atoms with van der Waals surface area (Å²) in [5.74, 6) is -0.234. The minimum Gasteiger partial charge on any atom is -0.394 e. The van der Waals surface area contributed by atoms with E-state index in [0.29, 0.717) is 0 Å².